The minimum Gasteiger partial charge on any atom is -0.469 e. The van der Waals surface area contributed by atoms with E-state index in [1.807, 2.05) is 74.5 Å². The van der Waals surface area contributed by atoms with Gasteiger partial charge in [-0.2, -0.15) is 0 Å². The van der Waals surface area contributed by atoms with Crippen molar-refractivity contribution in [3.05, 3.63) is 71.8 Å². The molecule has 0 aliphatic carbocycles. The number of esters is 1. The molecule has 0 bridgehead atoms. The second-order valence-corrected chi connectivity index (χ2v) is 8.37. The Hall–Kier alpha value is -2.95. The van der Waals surface area contributed by atoms with Crippen molar-refractivity contribution < 1.29 is 19.1 Å². The first-order valence-corrected chi connectivity index (χ1v) is 11.4. The highest BCUT2D eigenvalue weighted by Crippen LogP contribution is 2.18. The Morgan fingerprint density at radius 3 is 2.00 bits per heavy atom. The van der Waals surface area contributed by atoms with E-state index in [1.54, 1.807) is 0 Å². The van der Waals surface area contributed by atoms with Crippen LogP contribution in [0.1, 0.15) is 50.7 Å². The fourth-order valence-corrected chi connectivity index (χ4v) is 3.78. The number of carbonyl (C=O) groups excluding carboxylic acids is 3. The van der Waals surface area contributed by atoms with Crippen molar-refractivity contribution in [3.63, 3.8) is 0 Å². The molecule has 0 radical (unpaired) electrons. The van der Waals surface area contributed by atoms with Gasteiger partial charge in [-0.05, 0) is 30.4 Å². The van der Waals surface area contributed by atoms with Crippen LogP contribution in [-0.2, 0) is 32.0 Å². The Labute approximate surface area is 191 Å². The van der Waals surface area contributed by atoms with Gasteiger partial charge >= 0.3 is 5.97 Å². The minimum absolute atomic E-state index is 0.0670. The SMILES string of the molecule is CCCC[C@@H](CC(=O)[C@@H](Cc1ccccc1)NC(=O)[C@H](C)Cc1ccccc1)C(=O)OC. The molecule has 2 aromatic rings. The lowest BCUT2D eigenvalue weighted by Crippen LogP contribution is -2.45. The summed E-state index contributed by atoms with van der Waals surface area (Å²) < 4.78 is 4.92. The highest BCUT2D eigenvalue weighted by Gasteiger charge is 2.29. The van der Waals surface area contributed by atoms with Gasteiger partial charge in [0.2, 0.25) is 5.91 Å². The average Bonchev–Trinajstić information content (AvgIpc) is 2.81. The Bertz CT molecular complexity index is 850. The van der Waals surface area contributed by atoms with E-state index in [2.05, 4.69) is 5.32 Å². The van der Waals surface area contributed by atoms with Crippen LogP contribution in [-0.4, -0.2) is 30.8 Å². The molecule has 5 nitrogen and oxygen atoms in total. The van der Waals surface area contributed by atoms with Crippen molar-refractivity contribution in [1.82, 2.24) is 5.32 Å². The van der Waals surface area contributed by atoms with Crippen molar-refractivity contribution in [2.75, 3.05) is 7.11 Å². The Morgan fingerprint density at radius 1 is 0.906 bits per heavy atom. The number of amides is 1. The largest absolute Gasteiger partial charge is 0.469 e. The average molecular weight is 438 g/mol. The van der Waals surface area contributed by atoms with Crippen LogP contribution in [0.15, 0.2) is 60.7 Å². The summed E-state index contributed by atoms with van der Waals surface area (Å²) in [6, 6.07) is 18.8. The van der Waals surface area contributed by atoms with Crippen LogP contribution >= 0.6 is 0 Å². The van der Waals surface area contributed by atoms with Crippen LogP contribution in [0, 0.1) is 11.8 Å². The molecule has 0 saturated heterocycles. The summed E-state index contributed by atoms with van der Waals surface area (Å²) in [6.07, 6.45) is 3.44. The molecule has 2 aromatic carbocycles. The maximum Gasteiger partial charge on any atom is 0.309 e. The molecule has 0 aliphatic heterocycles. The third-order valence-electron chi connectivity index (χ3n) is 5.71. The molecule has 0 saturated carbocycles. The molecule has 0 unspecified atom stereocenters. The Kier molecular flexibility index (Phi) is 10.6. The number of ketones is 1. The van der Waals surface area contributed by atoms with Crippen molar-refractivity contribution in [2.45, 2.75) is 58.4 Å². The number of hydrogen-bond donors (Lipinski definition) is 1. The van der Waals surface area contributed by atoms with Gasteiger partial charge in [-0.3, -0.25) is 14.4 Å². The number of unbranched alkanes of at least 4 members (excludes halogenated alkanes) is 1. The van der Waals surface area contributed by atoms with Crippen LogP contribution in [0.3, 0.4) is 0 Å². The van der Waals surface area contributed by atoms with Crippen LogP contribution in [0.2, 0.25) is 0 Å². The number of methoxy groups -OCH3 is 1. The third-order valence-corrected chi connectivity index (χ3v) is 5.71. The molecular weight excluding hydrogens is 402 g/mol. The summed E-state index contributed by atoms with van der Waals surface area (Å²) in [7, 11) is 1.35. The molecule has 1 N–H and O–H groups in total. The van der Waals surface area contributed by atoms with E-state index in [4.69, 9.17) is 4.74 Å². The first kappa shape index (κ1) is 25.3. The zero-order chi connectivity index (χ0) is 23.3. The van der Waals surface area contributed by atoms with Gasteiger partial charge in [0, 0.05) is 12.3 Å². The van der Waals surface area contributed by atoms with Crippen LogP contribution in [0.4, 0.5) is 0 Å². The minimum atomic E-state index is -0.683. The van der Waals surface area contributed by atoms with Gasteiger partial charge in [0.1, 0.15) is 0 Å². The normalized spacial score (nSPS) is 13.6. The zero-order valence-corrected chi connectivity index (χ0v) is 19.4. The lowest BCUT2D eigenvalue weighted by Gasteiger charge is -2.22. The molecule has 172 valence electrons. The number of ether oxygens (including phenoxy) is 1. The van der Waals surface area contributed by atoms with Crippen LogP contribution in [0.25, 0.3) is 0 Å². The summed E-state index contributed by atoms with van der Waals surface area (Å²) >= 11 is 0. The fraction of sp³-hybridized carbons (Fsp3) is 0.444. The fourth-order valence-electron chi connectivity index (χ4n) is 3.78. The molecule has 0 heterocycles. The quantitative estimate of drug-likeness (QED) is 0.467. The zero-order valence-electron chi connectivity index (χ0n) is 19.4. The predicted molar refractivity (Wildman–Crippen MR) is 126 cm³/mol. The molecule has 5 heteroatoms. The number of rotatable bonds is 13. The molecular formula is C27H35NO4. The first-order valence-electron chi connectivity index (χ1n) is 11.4. The molecule has 0 aromatic heterocycles. The van der Waals surface area contributed by atoms with E-state index < -0.39 is 12.0 Å². The Balaban J connectivity index is 2.12. The predicted octanol–water partition coefficient (Wildman–Crippen LogP) is 4.53. The van der Waals surface area contributed by atoms with Crippen molar-refractivity contribution in [2.24, 2.45) is 11.8 Å². The van der Waals surface area contributed by atoms with E-state index in [1.165, 1.54) is 7.11 Å². The molecule has 0 fully saturated rings. The van der Waals surface area contributed by atoms with Crippen molar-refractivity contribution in [3.8, 4) is 0 Å². The van der Waals surface area contributed by atoms with Crippen LogP contribution in [0.5, 0.6) is 0 Å². The molecule has 3 atom stereocenters. The van der Waals surface area contributed by atoms with Gasteiger partial charge in [-0.1, -0.05) is 87.4 Å². The summed E-state index contributed by atoms with van der Waals surface area (Å²) in [5, 5.41) is 2.96. The van der Waals surface area contributed by atoms with E-state index in [9.17, 15) is 14.4 Å². The summed E-state index contributed by atoms with van der Waals surface area (Å²) in [5.74, 6) is -1.43. The topological polar surface area (TPSA) is 72.5 Å². The number of carbonyl (C=O) groups is 3. The lowest BCUT2D eigenvalue weighted by atomic mass is 9.91. The third kappa shape index (κ3) is 8.29. The maximum absolute atomic E-state index is 13.2. The van der Waals surface area contributed by atoms with Gasteiger partial charge in [0.15, 0.2) is 5.78 Å². The standard InChI is InChI=1S/C27H35NO4/c1-4-5-16-23(27(31)32-3)19-25(29)24(18-22-14-10-7-11-15-22)28-26(30)20(2)17-21-12-8-6-9-13-21/h6-15,20,23-24H,4-5,16-19H2,1-3H3,(H,28,30)/t20-,23+,24-/m1/s1. The van der Waals surface area contributed by atoms with Crippen LogP contribution < -0.4 is 5.32 Å². The molecule has 1 amide bonds. The molecule has 32 heavy (non-hydrogen) atoms. The van der Waals surface area contributed by atoms with Crippen molar-refractivity contribution >= 4 is 17.7 Å². The number of Topliss-reactive ketones (excluding diaryl/α,β-unsaturated/α-hetero) is 1. The van der Waals surface area contributed by atoms with E-state index in [-0.39, 0.29) is 30.0 Å². The monoisotopic (exact) mass is 437 g/mol. The highest BCUT2D eigenvalue weighted by atomic mass is 16.5. The second-order valence-electron chi connectivity index (χ2n) is 8.37. The summed E-state index contributed by atoms with van der Waals surface area (Å²) in [5.41, 5.74) is 2.04. The van der Waals surface area contributed by atoms with Gasteiger partial charge in [0.25, 0.3) is 0 Å². The number of nitrogens with one attached hydrogen (secondary N) is 1. The van der Waals surface area contributed by atoms with Gasteiger partial charge in [-0.25, -0.2) is 0 Å². The molecule has 0 aliphatic rings. The highest BCUT2D eigenvalue weighted by molar-refractivity contribution is 5.92. The van der Waals surface area contributed by atoms with Gasteiger partial charge in [0.05, 0.1) is 19.1 Å². The van der Waals surface area contributed by atoms with Crippen molar-refractivity contribution in [1.29, 1.82) is 0 Å². The Morgan fingerprint density at radius 2 is 1.47 bits per heavy atom. The van der Waals surface area contributed by atoms with E-state index in [0.717, 1.165) is 24.0 Å². The molecule has 2 rings (SSSR count). The van der Waals surface area contributed by atoms with E-state index >= 15 is 0 Å². The lowest BCUT2D eigenvalue weighted by molar-refractivity contribution is -0.147. The second kappa shape index (κ2) is 13.5. The van der Waals surface area contributed by atoms with Gasteiger partial charge < -0.3 is 10.1 Å². The molecule has 0 spiro atoms. The van der Waals surface area contributed by atoms with E-state index in [0.29, 0.717) is 19.3 Å². The number of benzene rings is 2. The first-order chi connectivity index (χ1) is 15.4. The smallest absolute Gasteiger partial charge is 0.309 e. The number of hydrogen-bond acceptors (Lipinski definition) is 4. The summed E-state index contributed by atoms with van der Waals surface area (Å²) in [6.45, 7) is 3.91. The van der Waals surface area contributed by atoms with Gasteiger partial charge in [-0.15, -0.1) is 0 Å². The summed E-state index contributed by atoms with van der Waals surface area (Å²) in [4.78, 5) is 38.4. The maximum atomic E-state index is 13.2.